The lowest BCUT2D eigenvalue weighted by atomic mass is 9.51. The molecule has 5 fully saturated rings. The third-order valence-corrected chi connectivity index (χ3v) is 6.92. The van der Waals surface area contributed by atoms with E-state index in [0.29, 0.717) is 35.6 Å². The quantitative estimate of drug-likeness (QED) is 0.837. The van der Waals surface area contributed by atoms with Gasteiger partial charge in [-0.2, -0.15) is 0 Å². The van der Waals surface area contributed by atoms with E-state index in [0.717, 1.165) is 24.8 Å². The highest BCUT2D eigenvalue weighted by Gasteiger charge is 2.50. The van der Waals surface area contributed by atoms with Gasteiger partial charge in [0.15, 0.2) is 0 Å². The van der Waals surface area contributed by atoms with Crippen LogP contribution in [0, 0.1) is 35.5 Å². The number of nitrogens with two attached hydrogens (primary N) is 1. The molecule has 0 spiro atoms. The van der Waals surface area contributed by atoms with E-state index in [4.69, 9.17) is 5.73 Å². The van der Waals surface area contributed by atoms with E-state index in [1.165, 1.54) is 51.4 Å². The molecule has 0 aromatic rings. The van der Waals surface area contributed by atoms with Gasteiger partial charge in [-0.1, -0.05) is 6.42 Å². The van der Waals surface area contributed by atoms with Crippen LogP contribution in [0.1, 0.15) is 57.8 Å². The number of carbonyl (C=O) groups excluding carboxylic acids is 1. The highest BCUT2D eigenvalue weighted by molar-refractivity contribution is 5.85. The fourth-order valence-electron chi connectivity index (χ4n) is 6.23. The van der Waals surface area contributed by atoms with Crippen molar-refractivity contribution in [1.29, 1.82) is 0 Å². The Bertz CT molecular complexity index is 386. The van der Waals surface area contributed by atoms with Crippen molar-refractivity contribution in [3.8, 4) is 0 Å². The van der Waals surface area contributed by atoms with Crippen molar-refractivity contribution in [2.24, 2.45) is 41.2 Å². The second-order valence-electron chi connectivity index (χ2n) is 8.49. The summed E-state index contributed by atoms with van der Waals surface area (Å²) in [5.41, 5.74) is 6.06. The third-order valence-electron chi connectivity index (χ3n) is 6.92. The number of amides is 1. The molecule has 5 aliphatic rings. The van der Waals surface area contributed by atoms with Crippen molar-refractivity contribution in [2.45, 2.75) is 63.8 Å². The molecule has 3 N–H and O–H groups in total. The number of halogens is 1. The predicted octanol–water partition coefficient (Wildman–Crippen LogP) is 3.11. The van der Waals surface area contributed by atoms with Gasteiger partial charge in [0.25, 0.3) is 0 Å². The maximum Gasteiger partial charge on any atom is 0.223 e. The fourth-order valence-corrected chi connectivity index (χ4v) is 6.23. The first-order valence-corrected chi connectivity index (χ1v) is 9.22. The van der Waals surface area contributed by atoms with Gasteiger partial charge in [0.1, 0.15) is 0 Å². The molecule has 5 aliphatic carbocycles. The van der Waals surface area contributed by atoms with Crippen LogP contribution in [0.5, 0.6) is 0 Å². The van der Waals surface area contributed by atoms with Gasteiger partial charge >= 0.3 is 0 Å². The SMILES string of the molecule is Cl.NC1CCCC(CNC(=O)C2C3CC4CC(C3)CC2C4)C1. The Balaban J connectivity index is 0.00000144. The number of carbonyl (C=O) groups is 1. The smallest absolute Gasteiger partial charge is 0.223 e. The van der Waals surface area contributed by atoms with Crippen molar-refractivity contribution in [3.05, 3.63) is 0 Å². The van der Waals surface area contributed by atoms with Crippen LogP contribution in [-0.4, -0.2) is 18.5 Å². The average Bonchev–Trinajstić information content (AvgIpc) is 2.44. The van der Waals surface area contributed by atoms with Gasteiger partial charge in [-0.15, -0.1) is 12.4 Å². The monoisotopic (exact) mass is 326 g/mol. The van der Waals surface area contributed by atoms with Crippen LogP contribution in [-0.2, 0) is 4.79 Å². The summed E-state index contributed by atoms with van der Waals surface area (Å²) in [7, 11) is 0. The summed E-state index contributed by atoms with van der Waals surface area (Å²) in [6, 6.07) is 0.363. The topological polar surface area (TPSA) is 55.1 Å². The second kappa shape index (κ2) is 6.68. The molecule has 3 nitrogen and oxygen atoms in total. The Kier molecular flexibility index (Phi) is 5.04. The molecule has 22 heavy (non-hydrogen) atoms. The van der Waals surface area contributed by atoms with Crippen LogP contribution in [0.25, 0.3) is 0 Å². The minimum absolute atomic E-state index is 0. The van der Waals surface area contributed by atoms with E-state index in [-0.39, 0.29) is 12.4 Å². The average molecular weight is 327 g/mol. The number of hydrogen-bond acceptors (Lipinski definition) is 2. The first-order chi connectivity index (χ1) is 10.2. The third kappa shape index (κ3) is 3.17. The van der Waals surface area contributed by atoms with Crippen LogP contribution in [0.2, 0.25) is 0 Å². The maximum absolute atomic E-state index is 12.7. The zero-order valence-electron chi connectivity index (χ0n) is 13.5. The Hall–Kier alpha value is -0.280. The minimum Gasteiger partial charge on any atom is -0.356 e. The molecule has 2 unspecified atom stereocenters. The highest BCUT2D eigenvalue weighted by Crippen LogP contribution is 2.56. The number of nitrogens with one attached hydrogen (secondary N) is 1. The van der Waals surface area contributed by atoms with Crippen LogP contribution in [0.4, 0.5) is 0 Å². The normalized spacial score (nSPS) is 46.1. The van der Waals surface area contributed by atoms with E-state index in [9.17, 15) is 4.79 Å². The lowest BCUT2D eigenvalue weighted by Crippen LogP contribution is -2.51. The number of hydrogen-bond donors (Lipinski definition) is 2. The summed E-state index contributed by atoms with van der Waals surface area (Å²) in [5.74, 6) is 4.65. The summed E-state index contributed by atoms with van der Waals surface area (Å²) >= 11 is 0. The Labute approximate surface area is 140 Å². The molecule has 0 heterocycles. The van der Waals surface area contributed by atoms with Gasteiger partial charge in [0.05, 0.1) is 0 Å². The van der Waals surface area contributed by atoms with Gasteiger partial charge in [-0.3, -0.25) is 4.79 Å². The van der Waals surface area contributed by atoms with E-state index < -0.39 is 0 Å². The summed E-state index contributed by atoms with van der Waals surface area (Å²) in [5, 5.41) is 3.31. The standard InChI is InChI=1S/C18H30N2O.ClH/c19-16-3-1-2-11(9-16)10-20-18(21)17-14-5-12-4-13(7-14)8-15(17)6-12;/h11-17H,1-10,19H2,(H,20,21);1H. The summed E-state index contributed by atoms with van der Waals surface area (Å²) in [6.45, 7) is 0.870. The van der Waals surface area contributed by atoms with Crippen molar-refractivity contribution in [3.63, 3.8) is 0 Å². The van der Waals surface area contributed by atoms with Gasteiger partial charge < -0.3 is 11.1 Å². The molecule has 0 saturated heterocycles. The first-order valence-electron chi connectivity index (χ1n) is 9.22. The van der Waals surface area contributed by atoms with Crippen molar-refractivity contribution < 1.29 is 4.79 Å². The van der Waals surface area contributed by atoms with Crippen LogP contribution in [0.3, 0.4) is 0 Å². The van der Waals surface area contributed by atoms with Crippen LogP contribution < -0.4 is 11.1 Å². The van der Waals surface area contributed by atoms with Crippen LogP contribution in [0.15, 0.2) is 0 Å². The molecule has 126 valence electrons. The van der Waals surface area contributed by atoms with Gasteiger partial charge in [-0.05, 0) is 81.0 Å². The van der Waals surface area contributed by atoms with Gasteiger partial charge in [-0.25, -0.2) is 0 Å². The lowest BCUT2D eigenvalue weighted by Gasteiger charge is -2.53. The van der Waals surface area contributed by atoms with Crippen molar-refractivity contribution in [2.75, 3.05) is 6.54 Å². The van der Waals surface area contributed by atoms with Crippen molar-refractivity contribution >= 4 is 18.3 Å². The van der Waals surface area contributed by atoms with Crippen LogP contribution >= 0.6 is 12.4 Å². The summed E-state index contributed by atoms with van der Waals surface area (Å²) in [4.78, 5) is 12.7. The molecule has 0 aromatic heterocycles. The van der Waals surface area contributed by atoms with E-state index >= 15 is 0 Å². The van der Waals surface area contributed by atoms with Crippen molar-refractivity contribution in [1.82, 2.24) is 5.32 Å². The minimum atomic E-state index is 0. The zero-order chi connectivity index (χ0) is 14.4. The molecule has 5 saturated carbocycles. The Morgan fingerprint density at radius 3 is 2.18 bits per heavy atom. The molecule has 0 radical (unpaired) electrons. The Morgan fingerprint density at radius 1 is 0.955 bits per heavy atom. The van der Waals surface area contributed by atoms with Gasteiger partial charge in [0, 0.05) is 18.5 Å². The van der Waals surface area contributed by atoms with E-state index in [2.05, 4.69) is 5.32 Å². The molecule has 1 amide bonds. The molecule has 5 rings (SSSR count). The molecule has 4 heteroatoms. The maximum atomic E-state index is 12.7. The number of rotatable bonds is 3. The molecule has 4 bridgehead atoms. The van der Waals surface area contributed by atoms with Gasteiger partial charge in [0.2, 0.25) is 5.91 Å². The van der Waals surface area contributed by atoms with E-state index in [1.807, 2.05) is 0 Å². The highest BCUT2D eigenvalue weighted by atomic mass is 35.5. The first kappa shape index (κ1) is 16.6. The fraction of sp³-hybridized carbons (Fsp3) is 0.944. The van der Waals surface area contributed by atoms with E-state index in [1.54, 1.807) is 0 Å². The molecule has 0 aliphatic heterocycles. The lowest BCUT2D eigenvalue weighted by molar-refractivity contribution is -0.138. The molecule has 2 atom stereocenters. The molecule has 0 aromatic carbocycles. The zero-order valence-corrected chi connectivity index (χ0v) is 14.3. The molecular formula is C18H31ClN2O. The Morgan fingerprint density at radius 2 is 1.59 bits per heavy atom. The molecular weight excluding hydrogens is 296 g/mol. The summed E-state index contributed by atoms with van der Waals surface area (Å²) in [6.07, 6.45) is 11.5. The predicted molar refractivity (Wildman–Crippen MR) is 90.7 cm³/mol. The summed E-state index contributed by atoms with van der Waals surface area (Å²) < 4.78 is 0. The second-order valence-corrected chi connectivity index (χ2v) is 8.49. The largest absolute Gasteiger partial charge is 0.356 e.